The minimum Gasteiger partial charge on any atom is -0.394 e. The number of nitrogens with zero attached hydrogens (tertiary/aromatic N) is 2. The minimum absolute atomic E-state index is 0.135. The van der Waals surface area contributed by atoms with E-state index in [0.29, 0.717) is 5.82 Å². The van der Waals surface area contributed by atoms with Crippen molar-refractivity contribution >= 4 is 17.4 Å². The van der Waals surface area contributed by atoms with Crippen molar-refractivity contribution in [1.29, 1.82) is 0 Å². The van der Waals surface area contributed by atoms with Crippen molar-refractivity contribution in [3.63, 3.8) is 0 Å². The lowest BCUT2D eigenvalue weighted by molar-refractivity contribution is 0.147. The molecule has 6 heteroatoms. The molecule has 0 aromatic carbocycles. The normalized spacial score (nSPS) is 11.5. The lowest BCUT2D eigenvalue weighted by atomic mass is 10.1. The summed E-state index contributed by atoms with van der Waals surface area (Å²) in [7, 11) is 0. The summed E-state index contributed by atoms with van der Waals surface area (Å²) in [6, 6.07) is 1.69. The van der Waals surface area contributed by atoms with Gasteiger partial charge in [0.1, 0.15) is 5.82 Å². The third-order valence-electron chi connectivity index (χ3n) is 1.95. The quantitative estimate of drug-likeness (QED) is 0.662. The Labute approximate surface area is 93.1 Å². The van der Waals surface area contributed by atoms with Gasteiger partial charge in [0.15, 0.2) is 0 Å². The molecule has 84 valence electrons. The largest absolute Gasteiger partial charge is 0.394 e. The maximum atomic E-state index is 9.09. The van der Waals surface area contributed by atoms with Crippen LogP contribution < -0.4 is 5.32 Å². The maximum Gasteiger partial charge on any atom is 0.224 e. The lowest BCUT2D eigenvalue weighted by Crippen LogP contribution is -2.42. The number of anilines is 1. The van der Waals surface area contributed by atoms with Crippen molar-refractivity contribution in [2.45, 2.75) is 19.4 Å². The highest BCUT2D eigenvalue weighted by Crippen LogP contribution is 2.15. The Hall–Kier alpha value is -0.910. The van der Waals surface area contributed by atoms with Gasteiger partial charge in [-0.05, 0) is 25.4 Å². The van der Waals surface area contributed by atoms with Gasteiger partial charge in [-0.25, -0.2) is 9.97 Å². The first-order valence-electron chi connectivity index (χ1n) is 4.50. The highest BCUT2D eigenvalue weighted by atomic mass is 35.5. The van der Waals surface area contributed by atoms with Crippen LogP contribution in [0.1, 0.15) is 12.6 Å². The van der Waals surface area contributed by atoms with E-state index in [0.717, 1.165) is 5.69 Å². The predicted octanol–water partition coefficient (Wildman–Crippen LogP) is 0.594. The van der Waals surface area contributed by atoms with Gasteiger partial charge in [0.25, 0.3) is 0 Å². The van der Waals surface area contributed by atoms with Gasteiger partial charge in [-0.2, -0.15) is 0 Å². The first-order chi connectivity index (χ1) is 6.99. The molecule has 15 heavy (non-hydrogen) atoms. The molecule has 0 aliphatic heterocycles. The zero-order valence-corrected chi connectivity index (χ0v) is 9.41. The second kappa shape index (κ2) is 4.74. The van der Waals surface area contributed by atoms with Crippen molar-refractivity contribution in [3.8, 4) is 0 Å². The van der Waals surface area contributed by atoms with Crippen LogP contribution in [-0.2, 0) is 0 Å². The molecule has 3 N–H and O–H groups in total. The van der Waals surface area contributed by atoms with Crippen LogP contribution in [0.2, 0.25) is 5.28 Å². The number of aromatic nitrogens is 2. The van der Waals surface area contributed by atoms with E-state index in [4.69, 9.17) is 21.8 Å². The third kappa shape index (κ3) is 3.30. The van der Waals surface area contributed by atoms with E-state index < -0.39 is 5.54 Å². The lowest BCUT2D eigenvalue weighted by Gasteiger charge is -2.26. The Morgan fingerprint density at radius 2 is 2.00 bits per heavy atom. The molecule has 0 saturated heterocycles. The van der Waals surface area contributed by atoms with Crippen molar-refractivity contribution in [3.05, 3.63) is 17.0 Å². The molecular weight excluding hydrogens is 218 g/mol. The molecule has 5 nitrogen and oxygen atoms in total. The van der Waals surface area contributed by atoms with Crippen LogP contribution >= 0.6 is 11.6 Å². The van der Waals surface area contributed by atoms with E-state index in [2.05, 4.69) is 15.3 Å². The fourth-order valence-corrected chi connectivity index (χ4v) is 1.26. The van der Waals surface area contributed by atoms with Crippen molar-refractivity contribution in [2.24, 2.45) is 0 Å². The fraction of sp³-hybridized carbons (Fsp3) is 0.556. The smallest absolute Gasteiger partial charge is 0.224 e. The van der Waals surface area contributed by atoms with Crippen LogP contribution in [0.4, 0.5) is 5.82 Å². The van der Waals surface area contributed by atoms with E-state index in [1.807, 2.05) is 0 Å². The second-order valence-electron chi connectivity index (χ2n) is 3.67. The number of aryl methyl sites for hydroxylation is 1. The number of rotatable bonds is 4. The summed E-state index contributed by atoms with van der Waals surface area (Å²) in [5.41, 5.74) is -0.0971. The Kier molecular flexibility index (Phi) is 3.84. The van der Waals surface area contributed by atoms with E-state index in [1.165, 1.54) is 0 Å². The second-order valence-corrected chi connectivity index (χ2v) is 4.00. The van der Waals surface area contributed by atoms with Gasteiger partial charge in [-0.15, -0.1) is 0 Å². The average molecular weight is 232 g/mol. The number of aliphatic hydroxyl groups excluding tert-OH is 2. The van der Waals surface area contributed by atoms with Crippen LogP contribution in [0.5, 0.6) is 0 Å². The Morgan fingerprint density at radius 1 is 1.40 bits per heavy atom. The van der Waals surface area contributed by atoms with Crippen molar-refractivity contribution in [1.82, 2.24) is 9.97 Å². The molecule has 0 amide bonds. The molecule has 0 radical (unpaired) electrons. The number of nitrogens with one attached hydrogen (secondary N) is 1. The zero-order valence-electron chi connectivity index (χ0n) is 8.66. The van der Waals surface area contributed by atoms with Gasteiger partial charge in [0.2, 0.25) is 5.28 Å². The van der Waals surface area contributed by atoms with Gasteiger partial charge in [-0.3, -0.25) is 0 Å². The summed E-state index contributed by atoms with van der Waals surface area (Å²) in [6.07, 6.45) is 0. The Bertz CT molecular complexity index is 322. The van der Waals surface area contributed by atoms with E-state index >= 15 is 0 Å². The van der Waals surface area contributed by atoms with Crippen LogP contribution in [-0.4, -0.2) is 38.9 Å². The van der Waals surface area contributed by atoms with E-state index in [9.17, 15) is 0 Å². The number of halogens is 1. The molecule has 0 bridgehead atoms. The standard InChI is InChI=1S/C9H14ClN3O2/c1-6-3-7(12-8(10)11-6)13-9(2,4-14)5-15/h3,14-15H,4-5H2,1-2H3,(H,11,12,13). The molecule has 0 atom stereocenters. The highest BCUT2D eigenvalue weighted by molar-refractivity contribution is 6.28. The number of hydrogen-bond donors (Lipinski definition) is 3. The molecule has 0 fully saturated rings. The first kappa shape index (κ1) is 12.2. The monoisotopic (exact) mass is 231 g/mol. The molecule has 0 unspecified atom stereocenters. The molecule has 0 spiro atoms. The summed E-state index contributed by atoms with van der Waals surface area (Å²) >= 11 is 5.68. The van der Waals surface area contributed by atoms with Crippen LogP contribution in [0.15, 0.2) is 6.07 Å². The van der Waals surface area contributed by atoms with Crippen LogP contribution in [0, 0.1) is 6.92 Å². The molecule has 1 aromatic rings. The first-order valence-corrected chi connectivity index (χ1v) is 4.88. The summed E-state index contributed by atoms with van der Waals surface area (Å²) in [6.45, 7) is 3.06. The molecule has 1 heterocycles. The van der Waals surface area contributed by atoms with Gasteiger partial charge in [0, 0.05) is 11.8 Å². The summed E-state index contributed by atoms with van der Waals surface area (Å²) in [5.74, 6) is 0.484. The minimum atomic E-state index is -0.815. The van der Waals surface area contributed by atoms with Gasteiger partial charge >= 0.3 is 0 Å². The Balaban J connectivity index is 2.88. The molecule has 0 aliphatic carbocycles. The molecule has 0 aliphatic rings. The summed E-state index contributed by atoms with van der Waals surface area (Å²) in [4.78, 5) is 7.84. The maximum absolute atomic E-state index is 9.09. The topological polar surface area (TPSA) is 78.3 Å². The van der Waals surface area contributed by atoms with Gasteiger partial charge < -0.3 is 15.5 Å². The van der Waals surface area contributed by atoms with Gasteiger partial charge in [-0.1, -0.05) is 0 Å². The van der Waals surface area contributed by atoms with Crippen LogP contribution in [0.3, 0.4) is 0 Å². The number of hydrogen-bond acceptors (Lipinski definition) is 5. The molecule has 0 saturated carbocycles. The molecule has 1 aromatic heterocycles. The highest BCUT2D eigenvalue weighted by Gasteiger charge is 2.22. The van der Waals surface area contributed by atoms with Crippen molar-refractivity contribution in [2.75, 3.05) is 18.5 Å². The van der Waals surface area contributed by atoms with E-state index in [-0.39, 0.29) is 18.5 Å². The SMILES string of the molecule is Cc1cc(NC(C)(CO)CO)nc(Cl)n1. The number of aliphatic hydroxyl groups is 2. The van der Waals surface area contributed by atoms with Gasteiger partial charge in [0.05, 0.1) is 18.8 Å². The Morgan fingerprint density at radius 3 is 2.47 bits per heavy atom. The summed E-state index contributed by atoms with van der Waals surface area (Å²) in [5, 5.41) is 21.2. The fourth-order valence-electron chi connectivity index (χ4n) is 1.03. The third-order valence-corrected chi connectivity index (χ3v) is 2.12. The van der Waals surface area contributed by atoms with Crippen LogP contribution in [0.25, 0.3) is 0 Å². The zero-order chi connectivity index (χ0) is 11.5. The summed E-state index contributed by atoms with van der Waals surface area (Å²) < 4.78 is 0. The molecule has 1 rings (SSSR count). The van der Waals surface area contributed by atoms with Crippen molar-refractivity contribution < 1.29 is 10.2 Å². The van der Waals surface area contributed by atoms with E-state index in [1.54, 1.807) is 19.9 Å². The predicted molar refractivity (Wildman–Crippen MR) is 58.0 cm³/mol. The average Bonchev–Trinajstić information content (AvgIpc) is 2.16. The molecular formula is C9H14ClN3O2.